The van der Waals surface area contributed by atoms with Crippen molar-refractivity contribution in [1.29, 1.82) is 0 Å². The summed E-state index contributed by atoms with van der Waals surface area (Å²) >= 11 is 0. The molecule has 0 aliphatic carbocycles. The lowest BCUT2D eigenvalue weighted by Crippen LogP contribution is -2.46. The van der Waals surface area contributed by atoms with Crippen LogP contribution in [0.25, 0.3) is 0 Å². The van der Waals surface area contributed by atoms with Gasteiger partial charge >= 0.3 is 5.97 Å². The number of amides is 1. The lowest BCUT2D eigenvalue weighted by molar-refractivity contribution is -0.384. The second-order valence-electron chi connectivity index (χ2n) is 4.15. The maximum Gasteiger partial charge on any atom is 0.327 e. The van der Waals surface area contributed by atoms with E-state index in [9.17, 15) is 19.7 Å². The van der Waals surface area contributed by atoms with E-state index in [0.717, 1.165) is 0 Å². The molecule has 8 heteroatoms. The second-order valence-corrected chi connectivity index (χ2v) is 4.15. The van der Waals surface area contributed by atoms with Gasteiger partial charge in [0.15, 0.2) is 0 Å². The first-order chi connectivity index (χ1) is 9.40. The van der Waals surface area contributed by atoms with Crippen LogP contribution in [0.15, 0.2) is 24.3 Å². The number of non-ortho nitro benzene ring substituents is 1. The summed E-state index contributed by atoms with van der Waals surface area (Å²) in [4.78, 5) is 31.8. The van der Waals surface area contributed by atoms with Gasteiger partial charge in [0.25, 0.3) is 5.69 Å². The molecule has 0 heterocycles. The molecule has 0 saturated heterocycles. The number of nitro benzene ring substituents is 1. The van der Waals surface area contributed by atoms with Crippen LogP contribution in [0.5, 0.6) is 0 Å². The minimum atomic E-state index is -1.15. The van der Waals surface area contributed by atoms with E-state index in [0.29, 0.717) is 5.56 Å². The van der Waals surface area contributed by atoms with Gasteiger partial charge in [0.05, 0.1) is 4.92 Å². The summed E-state index contributed by atoms with van der Waals surface area (Å²) in [5.74, 6) is -1.58. The maximum absolute atomic E-state index is 10.9. The summed E-state index contributed by atoms with van der Waals surface area (Å²) in [6.45, 7) is 1.53. The van der Waals surface area contributed by atoms with Gasteiger partial charge in [-0.05, 0) is 5.56 Å². The van der Waals surface area contributed by atoms with Crippen molar-refractivity contribution >= 4 is 17.6 Å². The average Bonchev–Trinajstić information content (AvgIpc) is 2.37. The number of carboxylic acid groups (broad SMARTS) is 1. The van der Waals surface area contributed by atoms with Gasteiger partial charge in [0.1, 0.15) is 6.04 Å². The number of carbonyl (C=O) groups is 2. The second kappa shape index (κ2) is 7.19. The molecule has 1 amide bonds. The van der Waals surface area contributed by atoms with Gasteiger partial charge in [-0.2, -0.15) is 0 Å². The average molecular weight is 281 g/mol. The fourth-order valence-corrected chi connectivity index (χ4v) is 1.59. The normalized spacial score (nSPS) is 11.7. The molecule has 0 saturated carbocycles. The van der Waals surface area contributed by atoms with Crippen molar-refractivity contribution in [3.05, 3.63) is 39.9 Å². The summed E-state index contributed by atoms with van der Waals surface area (Å²) in [5.41, 5.74) is 0.632. The first-order valence-corrected chi connectivity index (χ1v) is 5.84. The van der Waals surface area contributed by atoms with Crippen molar-refractivity contribution in [3.63, 3.8) is 0 Å². The largest absolute Gasteiger partial charge is 0.480 e. The molecule has 0 aliphatic rings. The van der Waals surface area contributed by atoms with E-state index in [1.165, 1.54) is 19.1 Å². The number of benzene rings is 1. The summed E-state index contributed by atoms with van der Waals surface area (Å²) in [5, 5.41) is 24.6. The fourth-order valence-electron chi connectivity index (χ4n) is 1.59. The number of carbonyl (C=O) groups excluding carboxylic acids is 1. The van der Waals surface area contributed by atoms with Crippen molar-refractivity contribution in [2.45, 2.75) is 19.5 Å². The third kappa shape index (κ3) is 5.02. The number of rotatable bonds is 7. The van der Waals surface area contributed by atoms with Crippen molar-refractivity contribution in [3.8, 4) is 0 Å². The molecule has 0 spiro atoms. The van der Waals surface area contributed by atoms with Crippen LogP contribution in [0.4, 0.5) is 5.69 Å². The predicted molar refractivity (Wildman–Crippen MR) is 70.0 cm³/mol. The van der Waals surface area contributed by atoms with Gasteiger partial charge in [0, 0.05) is 32.1 Å². The van der Waals surface area contributed by atoms with Crippen LogP contribution < -0.4 is 10.6 Å². The highest BCUT2D eigenvalue weighted by Gasteiger charge is 2.17. The van der Waals surface area contributed by atoms with Gasteiger partial charge in [-0.25, -0.2) is 4.79 Å². The summed E-state index contributed by atoms with van der Waals surface area (Å²) < 4.78 is 0. The zero-order chi connectivity index (χ0) is 15.1. The smallest absolute Gasteiger partial charge is 0.327 e. The molecule has 20 heavy (non-hydrogen) atoms. The number of hydrogen-bond acceptors (Lipinski definition) is 5. The molecule has 0 radical (unpaired) electrons. The Bertz CT molecular complexity index is 518. The third-order valence-corrected chi connectivity index (χ3v) is 2.47. The van der Waals surface area contributed by atoms with Crippen molar-refractivity contribution in [1.82, 2.24) is 10.6 Å². The number of carboxylic acids is 1. The van der Waals surface area contributed by atoms with Crippen LogP contribution in [0.3, 0.4) is 0 Å². The molecule has 8 nitrogen and oxygen atoms in total. The van der Waals surface area contributed by atoms with E-state index in [1.54, 1.807) is 12.1 Å². The number of aliphatic carboxylic acids is 1. The van der Waals surface area contributed by atoms with Gasteiger partial charge < -0.3 is 15.7 Å². The predicted octanol–water partition coefficient (Wildman–Crippen LogP) is 0.274. The molecule has 3 N–H and O–H groups in total. The van der Waals surface area contributed by atoms with E-state index < -0.39 is 22.8 Å². The lowest BCUT2D eigenvalue weighted by atomic mass is 10.2. The molecule has 1 atom stereocenters. The summed E-state index contributed by atoms with van der Waals surface area (Å²) in [7, 11) is 0. The van der Waals surface area contributed by atoms with Gasteiger partial charge in [-0.15, -0.1) is 0 Å². The molecule has 0 fully saturated rings. The Morgan fingerprint density at radius 3 is 2.70 bits per heavy atom. The van der Waals surface area contributed by atoms with Crippen LogP contribution in [0.2, 0.25) is 0 Å². The van der Waals surface area contributed by atoms with Crippen molar-refractivity contribution in [2.75, 3.05) is 6.54 Å². The Hall–Kier alpha value is -2.48. The van der Waals surface area contributed by atoms with Crippen molar-refractivity contribution in [2.24, 2.45) is 0 Å². The lowest BCUT2D eigenvalue weighted by Gasteiger charge is -2.14. The van der Waals surface area contributed by atoms with Crippen LogP contribution >= 0.6 is 0 Å². The van der Waals surface area contributed by atoms with Crippen molar-refractivity contribution < 1.29 is 19.6 Å². The molecule has 1 rings (SSSR count). The van der Waals surface area contributed by atoms with Crippen LogP contribution in [-0.2, 0) is 16.1 Å². The molecule has 1 aromatic carbocycles. The monoisotopic (exact) mass is 281 g/mol. The number of nitrogens with zero attached hydrogens (tertiary/aromatic N) is 1. The summed E-state index contributed by atoms with van der Waals surface area (Å²) in [6.07, 6.45) is 0. The SMILES string of the molecule is CC(=O)NC(CNCc1cccc([N+](=O)[O-])c1)C(=O)O. The highest BCUT2D eigenvalue weighted by molar-refractivity contribution is 5.82. The van der Waals surface area contributed by atoms with Crippen LogP contribution in [0.1, 0.15) is 12.5 Å². The third-order valence-electron chi connectivity index (χ3n) is 2.47. The molecular formula is C12H15N3O5. The maximum atomic E-state index is 10.9. The summed E-state index contributed by atoms with van der Waals surface area (Å²) in [6, 6.07) is 4.99. The van der Waals surface area contributed by atoms with Crippen LogP contribution in [0, 0.1) is 10.1 Å². The Balaban J connectivity index is 2.54. The van der Waals surface area contributed by atoms with E-state index in [1.807, 2.05) is 0 Å². The molecule has 0 aliphatic heterocycles. The first-order valence-electron chi connectivity index (χ1n) is 5.84. The van der Waals surface area contributed by atoms with E-state index in [2.05, 4.69) is 10.6 Å². The van der Waals surface area contributed by atoms with Gasteiger partial charge in [-0.1, -0.05) is 12.1 Å². The molecule has 0 bridgehead atoms. The zero-order valence-electron chi connectivity index (χ0n) is 10.8. The first kappa shape index (κ1) is 15.6. The Labute approximate surface area is 114 Å². The van der Waals surface area contributed by atoms with E-state index in [-0.39, 0.29) is 18.8 Å². The molecule has 1 unspecified atom stereocenters. The Morgan fingerprint density at radius 2 is 2.15 bits per heavy atom. The number of nitro groups is 1. The van der Waals surface area contributed by atoms with Gasteiger partial charge in [0.2, 0.25) is 5.91 Å². The minimum absolute atomic E-state index is 0.0254. The number of nitrogens with one attached hydrogen (secondary N) is 2. The highest BCUT2D eigenvalue weighted by Crippen LogP contribution is 2.12. The fraction of sp³-hybridized carbons (Fsp3) is 0.333. The molecule has 0 aromatic heterocycles. The molecular weight excluding hydrogens is 266 g/mol. The topological polar surface area (TPSA) is 122 Å². The zero-order valence-corrected chi connectivity index (χ0v) is 10.8. The van der Waals surface area contributed by atoms with E-state index >= 15 is 0 Å². The van der Waals surface area contributed by atoms with E-state index in [4.69, 9.17) is 5.11 Å². The Morgan fingerprint density at radius 1 is 1.45 bits per heavy atom. The quantitative estimate of drug-likeness (QED) is 0.487. The number of hydrogen-bond donors (Lipinski definition) is 3. The Kier molecular flexibility index (Phi) is 5.60. The standard InChI is InChI=1S/C12H15N3O5/c1-8(16)14-11(12(17)18)7-13-6-9-3-2-4-10(5-9)15(19)20/h2-5,11,13H,6-7H2,1H3,(H,14,16)(H,17,18). The molecule has 1 aromatic rings. The van der Waals surface area contributed by atoms with Gasteiger partial charge in [-0.3, -0.25) is 14.9 Å². The van der Waals surface area contributed by atoms with Crippen LogP contribution in [-0.4, -0.2) is 34.5 Å². The minimum Gasteiger partial charge on any atom is -0.480 e. The molecule has 108 valence electrons. The highest BCUT2D eigenvalue weighted by atomic mass is 16.6.